The zero-order valence-corrected chi connectivity index (χ0v) is 11.4. The molecule has 13 heavy (non-hydrogen) atoms. The molecule has 0 aromatic heterocycles. The van der Waals surface area contributed by atoms with E-state index in [4.69, 9.17) is 0 Å². The molecule has 0 bridgehead atoms. The maximum atomic E-state index is 12.0. The van der Waals surface area contributed by atoms with Gasteiger partial charge in [0.05, 0.1) is 8.65 Å². The van der Waals surface area contributed by atoms with Crippen molar-refractivity contribution in [3.05, 3.63) is 0 Å². The predicted octanol–water partition coefficient (Wildman–Crippen LogP) is 2.75. The molecular formula is C9H15Br2NO. The highest BCUT2D eigenvalue weighted by atomic mass is 79.9. The van der Waals surface area contributed by atoms with Gasteiger partial charge < -0.3 is 4.90 Å². The molecule has 4 heteroatoms. The zero-order valence-electron chi connectivity index (χ0n) is 8.23. The fourth-order valence-corrected chi connectivity index (χ4v) is 2.95. The van der Waals surface area contributed by atoms with Crippen LogP contribution in [0.1, 0.15) is 27.2 Å². The maximum absolute atomic E-state index is 12.0. The third-order valence-electron chi connectivity index (χ3n) is 2.78. The molecule has 0 aromatic carbocycles. The van der Waals surface area contributed by atoms with Crippen LogP contribution in [0.25, 0.3) is 0 Å². The topological polar surface area (TPSA) is 20.3 Å². The Hall–Kier alpha value is 0.430. The van der Waals surface area contributed by atoms with Gasteiger partial charge in [0.1, 0.15) is 0 Å². The Morgan fingerprint density at radius 2 is 1.77 bits per heavy atom. The molecule has 0 unspecified atom stereocenters. The Kier molecular flexibility index (Phi) is 3.13. The van der Waals surface area contributed by atoms with E-state index in [2.05, 4.69) is 31.9 Å². The highest BCUT2D eigenvalue weighted by Gasteiger charge is 2.67. The van der Waals surface area contributed by atoms with E-state index in [-0.39, 0.29) is 14.6 Å². The van der Waals surface area contributed by atoms with Gasteiger partial charge in [-0.25, -0.2) is 0 Å². The van der Waals surface area contributed by atoms with Crippen molar-refractivity contribution in [1.82, 2.24) is 4.90 Å². The molecule has 1 saturated carbocycles. The van der Waals surface area contributed by atoms with Gasteiger partial charge in [0, 0.05) is 13.1 Å². The Morgan fingerprint density at radius 1 is 1.38 bits per heavy atom. The molecular weight excluding hydrogens is 298 g/mol. The molecule has 1 atom stereocenters. The summed E-state index contributed by atoms with van der Waals surface area (Å²) in [5.41, 5.74) is -0.251. The minimum Gasteiger partial charge on any atom is -0.343 e. The van der Waals surface area contributed by atoms with Crippen molar-refractivity contribution >= 4 is 37.8 Å². The minimum atomic E-state index is -0.251. The second-order valence-corrected chi connectivity index (χ2v) is 7.46. The van der Waals surface area contributed by atoms with Crippen molar-refractivity contribution in [2.75, 3.05) is 13.1 Å². The van der Waals surface area contributed by atoms with E-state index in [1.54, 1.807) is 0 Å². The van der Waals surface area contributed by atoms with Crippen LogP contribution in [0.5, 0.6) is 0 Å². The molecule has 0 N–H and O–H groups in total. The maximum Gasteiger partial charge on any atom is 0.230 e. The van der Waals surface area contributed by atoms with Crippen LogP contribution in [-0.4, -0.2) is 27.1 Å². The average Bonchev–Trinajstić information content (AvgIpc) is 2.55. The van der Waals surface area contributed by atoms with Crippen LogP contribution in [0.4, 0.5) is 0 Å². The van der Waals surface area contributed by atoms with Gasteiger partial charge in [-0.1, -0.05) is 31.9 Å². The molecule has 0 aliphatic heterocycles. The van der Waals surface area contributed by atoms with E-state index in [1.807, 2.05) is 25.7 Å². The molecule has 0 heterocycles. The summed E-state index contributed by atoms with van der Waals surface area (Å²) in [6.45, 7) is 7.60. The first-order valence-electron chi connectivity index (χ1n) is 4.56. The molecule has 0 radical (unpaired) electrons. The molecule has 1 fully saturated rings. The number of alkyl halides is 2. The van der Waals surface area contributed by atoms with E-state index in [0.717, 1.165) is 19.5 Å². The summed E-state index contributed by atoms with van der Waals surface area (Å²) in [6, 6.07) is 0. The van der Waals surface area contributed by atoms with Crippen LogP contribution >= 0.6 is 31.9 Å². The number of amides is 1. The fourth-order valence-electron chi connectivity index (χ4n) is 1.49. The summed E-state index contributed by atoms with van der Waals surface area (Å²) < 4.78 is -0.160. The second-order valence-electron chi connectivity index (χ2n) is 3.69. The van der Waals surface area contributed by atoms with E-state index < -0.39 is 0 Å². The highest BCUT2D eigenvalue weighted by Crippen LogP contribution is 2.66. The van der Waals surface area contributed by atoms with E-state index in [1.165, 1.54) is 0 Å². The van der Waals surface area contributed by atoms with E-state index >= 15 is 0 Å². The molecule has 76 valence electrons. The van der Waals surface area contributed by atoms with Gasteiger partial charge >= 0.3 is 0 Å². The molecule has 0 aromatic rings. The molecule has 1 amide bonds. The lowest BCUT2D eigenvalue weighted by Crippen LogP contribution is -2.37. The first kappa shape index (κ1) is 11.5. The summed E-state index contributed by atoms with van der Waals surface area (Å²) in [6.07, 6.45) is 0.870. The van der Waals surface area contributed by atoms with Crippen LogP contribution in [0.2, 0.25) is 0 Å². The summed E-state index contributed by atoms with van der Waals surface area (Å²) in [5.74, 6) is 0.242. The Labute approximate surface area is 96.3 Å². The summed E-state index contributed by atoms with van der Waals surface area (Å²) in [7, 11) is 0. The van der Waals surface area contributed by atoms with Crippen LogP contribution < -0.4 is 0 Å². The third-order valence-corrected chi connectivity index (χ3v) is 5.09. The number of halogens is 2. The normalized spacial score (nSPS) is 29.9. The Bertz CT molecular complexity index is 226. The molecule has 0 saturated heterocycles. The fraction of sp³-hybridized carbons (Fsp3) is 0.889. The standard InChI is InChI=1S/C9H15Br2NO/c1-4-12(5-2)7(13)8(3)6-9(8,10)11/h4-6H2,1-3H3/t8-/m1/s1. The van der Waals surface area contributed by atoms with Crippen molar-refractivity contribution in [2.45, 2.75) is 30.4 Å². The summed E-state index contributed by atoms with van der Waals surface area (Å²) >= 11 is 7.01. The zero-order chi connectivity index (χ0) is 10.3. The SMILES string of the molecule is CCN(CC)C(=O)[C@@]1(C)CC1(Br)Br. The highest BCUT2D eigenvalue weighted by molar-refractivity contribution is 9.25. The number of nitrogens with zero attached hydrogens (tertiary/aromatic N) is 1. The number of rotatable bonds is 3. The molecule has 1 aliphatic rings. The van der Waals surface area contributed by atoms with Crippen LogP contribution in [0, 0.1) is 5.41 Å². The smallest absolute Gasteiger partial charge is 0.230 e. The van der Waals surface area contributed by atoms with Crippen molar-refractivity contribution in [3.63, 3.8) is 0 Å². The quantitative estimate of drug-likeness (QED) is 0.734. The van der Waals surface area contributed by atoms with Crippen molar-refractivity contribution in [1.29, 1.82) is 0 Å². The monoisotopic (exact) mass is 311 g/mol. The minimum absolute atomic E-state index is 0.160. The summed E-state index contributed by atoms with van der Waals surface area (Å²) in [4.78, 5) is 13.9. The number of carbonyl (C=O) groups excluding carboxylic acids is 1. The van der Waals surface area contributed by atoms with Gasteiger partial charge in [0.15, 0.2) is 0 Å². The van der Waals surface area contributed by atoms with E-state index in [9.17, 15) is 4.79 Å². The van der Waals surface area contributed by atoms with Gasteiger partial charge in [0.2, 0.25) is 5.91 Å². The van der Waals surface area contributed by atoms with Gasteiger partial charge in [-0.05, 0) is 27.2 Å². The average molecular weight is 313 g/mol. The molecule has 1 rings (SSSR count). The van der Waals surface area contributed by atoms with Gasteiger partial charge in [0.25, 0.3) is 0 Å². The molecule has 1 aliphatic carbocycles. The van der Waals surface area contributed by atoms with Crippen LogP contribution in [0.15, 0.2) is 0 Å². The lowest BCUT2D eigenvalue weighted by Gasteiger charge is -2.23. The Balaban J connectivity index is 2.69. The number of carbonyl (C=O) groups is 1. The van der Waals surface area contributed by atoms with Crippen LogP contribution in [0.3, 0.4) is 0 Å². The predicted molar refractivity (Wildman–Crippen MR) is 61.2 cm³/mol. The summed E-state index contributed by atoms with van der Waals surface area (Å²) in [5, 5.41) is 0. The van der Waals surface area contributed by atoms with Crippen LogP contribution in [-0.2, 0) is 4.79 Å². The van der Waals surface area contributed by atoms with Crippen molar-refractivity contribution < 1.29 is 4.79 Å². The first-order chi connectivity index (χ1) is 5.89. The lowest BCUT2D eigenvalue weighted by molar-refractivity contribution is -0.135. The largest absolute Gasteiger partial charge is 0.343 e. The van der Waals surface area contributed by atoms with Crippen molar-refractivity contribution in [3.8, 4) is 0 Å². The van der Waals surface area contributed by atoms with Crippen molar-refractivity contribution in [2.24, 2.45) is 5.41 Å². The lowest BCUT2D eigenvalue weighted by atomic mass is 10.1. The first-order valence-corrected chi connectivity index (χ1v) is 6.15. The van der Waals surface area contributed by atoms with Gasteiger partial charge in [-0.2, -0.15) is 0 Å². The molecule has 0 spiro atoms. The Morgan fingerprint density at radius 3 is 2.00 bits per heavy atom. The molecule has 2 nitrogen and oxygen atoms in total. The van der Waals surface area contributed by atoms with Gasteiger partial charge in [-0.15, -0.1) is 0 Å². The van der Waals surface area contributed by atoms with E-state index in [0.29, 0.717) is 0 Å². The van der Waals surface area contributed by atoms with Gasteiger partial charge in [-0.3, -0.25) is 4.79 Å². The second kappa shape index (κ2) is 3.54. The third kappa shape index (κ3) is 1.80. The number of hydrogen-bond donors (Lipinski definition) is 0. The number of hydrogen-bond acceptors (Lipinski definition) is 1.